The highest BCUT2D eigenvalue weighted by molar-refractivity contribution is 5.84. The number of oxazole rings is 1. The Morgan fingerprint density at radius 1 is 1.29 bits per heavy atom. The summed E-state index contributed by atoms with van der Waals surface area (Å²) in [4.78, 5) is 4.67. The lowest BCUT2D eigenvalue weighted by Gasteiger charge is -2.01. The van der Waals surface area contributed by atoms with Crippen LogP contribution >= 0.6 is 0 Å². The molecule has 2 N–H and O–H groups in total. The van der Waals surface area contributed by atoms with Crippen LogP contribution in [0.15, 0.2) is 10.5 Å². The first-order chi connectivity index (χ1) is 8.16. The minimum atomic E-state index is 0.516. The number of aryl methyl sites for hydroxylation is 2. The maximum atomic E-state index is 5.97. The van der Waals surface area contributed by atoms with Crippen molar-refractivity contribution in [2.45, 2.75) is 45.4 Å². The van der Waals surface area contributed by atoms with Gasteiger partial charge in [-0.25, -0.2) is 4.98 Å². The molecule has 0 bridgehead atoms. The van der Waals surface area contributed by atoms with Gasteiger partial charge in [0.1, 0.15) is 5.52 Å². The Labute approximate surface area is 101 Å². The summed E-state index contributed by atoms with van der Waals surface area (Å²) in [6.07, 6.45) is 5.01. The van der Waals surface area contributed by atoms with Crippen molar-refractivity contribution in [3.63, 3.8) is 0 Å². The van der Waals surface area contributed by atoms with Crippen LogP contribution in [0.4, 0.5) is 5.69 Å². The van der Waals surface area contributed by atoms with Gasteiger partial charge in [-0.05, 0) is 38.3 Å². The smallest absolute Gasteiger partial charge is 0.198 e. The number of nitrogens with zero attached hydrogens (tertiary/aromatic N) is 1. The van der Waals surface area contributed by atoms with Crippen molar-refractivity contribution >= 4 is 16.8 Å². The van der Waals surface area contributed by atoms with Gasteiger partial charge in [-0.15, -0.1) is 0 Å². The Morgan fingerprint density at radius 2 is 2.00 bits per heavy atom. The number of hydrogen-bond donors (Lipinski definition) is 1. The van der Waals surface area contributed by atoms with Crippen molar-refractivity contribution in [3.8, 4) is 0 Å². The Bertz CT molecular complexity index is 565. The fraction of sp³-hybridized carbons (Fsp3) is 0.500. The zero-order valence-corrected chi connectivity index (χ0v) is 10.4. The molecule has 3 nitrogen and oxygen atoms in total. The van der Waals surface area contributed by atoms with Crippen LogP contribution in [0.2, 0.25) is 0 Å². The highest BCUT2D eigenvalue weighted by atomic mass is 16.3. The molecular weight excluding hydrogens is 212 g/mol. The zero-order chi connectivity index (χ0) is 12.0. The molecular formula is C14H18N2O. The monoisotopic (exact) mass is 230 g/mol. The number of aromatic nitrogens is 1. The summed E-state index contributed by atoms with van der Waals surface area (Å²) in [6, 6.07) is 1.97. The van der Waals surface area contributed by atoms with Gasteiger partial charge in [0.25, 0.3) is 0 Å². The summed E-state index contributed by atoms with van der Waals surface area (Å²) in [6.45, 7) is 4.04. The van der Waals surface area contributed by atoms with Gasteiger partial charge in [0, 0.05) is 17.2 Å². The molecule has 3 rings (SSSR count). The van der Waals surface area contributed by atoms with E-state index in [4.69, 9.17) is 10.2 Å². The number of rotatable bonds is 1. The maximum Gasteiger partial charge on any atom is 0.198 e. The molecule has 1 aliphatic carbocycles. The molecule has 1 fully saturated rings. The predicted octanol–water partition coefficient (Wildman–Crippen LogP) is 3.68. The fourth-order valence-corrected chi connectivity index (χ4v) is 2.75. The average molecular weight is 230 g/mol. The zero-order valence-electron chi connectivity index (χ0n) is 10.4. The second-order valence-electron chi connectivity index (χ2n) is 5.12. The van der Waals surface area contributed by atoms with E-state index < -0.39 is 0 Å². The van der Waals surface area contributed by atoms with E-state index in [1.165, 1.54) is 25.7 Å². The molecule has 1 aromatic carbocycles. The van der Waals surface area contributed by atoms with Gasteiger partial charge in [0.2, 0.25) is 0 Å². The van der Waals surface area contributed by atoms with E-state index in [0.29, 0.717) is 5.92 Å². The van der Waals surface area contributed by atoms with E-state index >= 15 is 0 Å². The first-order valence-electron chi connectivity index (χ1n) is 6.33. The molecule has 0 amide bonds. The first kappa shape index (κ1) is 10.6. The number of nitrogen functional groups attached to an aromatic ring is 1. The van der Waals surface area contributed by atoms with Crippen molar-refractivity contribution in [3.05, 3.63) is 23.1 Å². The number of hydrogen-bond acceptors (Lipinski definition) is 3. The van der Waals surface area contributed by atoms with Crippen LogP contribution in [-0.4, -0.2) is 4.98 Å². The normalized spacial score (nSPS) is 17.1. The molecule has 0 radical (unpaired) electrons. The van der Waals surface area contributed by atoms with Crippen molar-refractivity contribution < 1.29 is 4.42 Å². The van der Waals surface area contributed by atoms with Crippen molar-refractivity contribution in [2.75, 3.05) is 5.73 Å². The lowest BCUT2D eigenvalue weighted by atomic mass is 10.1. The third-order valence-corrected chi connectivity index (χ3v) is 3.87. The molecule has 0 aliphatic heterocycles. The van der Waals surface area contributed by atoms with E-state index in [1.54, 1.807) is 0 Å². The highest BCUT2D eigenvalue weighted by Gasteiger charge is 2.23. The van der Waals surface area contributed by atoms with Crippen LogP contribution in [0.3, 0.4) is 0 Å². The number of benzene rings is 1. The molecule has 0 spiro atoms. The second-order valence-corrected chi connectivity index (χ2v) is 5.12. The van der Waals surface area contributed by atoms with E-state index in [1.807, 2.05) is 19.9 Å². The Hall–Kier alpha value is -1.51. The Kier molecular flexibility index (Phi) is 2.35. The molecule has 1 heterocycles. The number of nitrogens with two attached hydrogens (primary N) is 1. The molecule has 1 aromatic heterocycles. The molecule has 90 valence electrons. The molecule has 2 aromatic rings. The Morgan fingerprint density at radius 3 is 2.71 bits per heavy atom. The second kappa shape index (κ2) is 3.76. The topological polar surface area (TPSA) is 52.0 Å². The van der Waals surface area contributed by atoms with Crippen LogP contribution < -0.4 is 5.73 Å². The number of fused-ring (bicyclic) bond motifs is 1. The quantitative estimate of drug-likeness (QED) is 0.760. The summed E-state index contributed by atoms with van der Waals surface area (Å²) in [7, 11) is 0. The largest absolute Gasteiger partial charge is 0.440 e. The summed E-state index contributed by atoms with van der Waals surface area (Å²) < 4.78 is 5.95. The van der Waals surface area contributed by atoms with Gasteiger partial charge < -0.3 is 10.2 Å². The van der Waals surface area contributed by atoms with Crippen LogP contribution in [0.25, 0.3) is 11.1 Å². The van der Waals surface area contributed by atoms with Crippen molar-refractivity contribution in [1.82, 2.24) is 4.98 Å². The van der Waals surface area contributed by atoms with E-state index in [0.717, 1.165) is 33.8 Å². The number of anilines is 1. The van der Waals surface area contributed by atoms with Crippen molar-refractivity contribution in [1.29, 1.82) is 0 Å². The van der Waals surface area contributed by atoms with Crippen LogP contribution in [0.1, 0.15) is 48.6 Å². The molecule has 0 atom stereocenters. The van der Waals surface area contributed by atoms with Crippen molar-refractivity contribution in [2.24, 2.45) is 0 Å². The molecule has 1 saturated carbocycles. The minimum Gasteiger partial charge on any atom is -0.440 e. The fourth-order valence-electron chi connectivity index (χ4n) is 2.75. The Balaban J connectivity index is 2.17. The summed E-state index contributed by atoms with van der Waals surface area (Å²) in [5.41, 5.74) is 10.8. The third kappa shape index (κ3) is 1.61. The van der Waals surface area contributed by atoms with E-state index in [9.17, 15) is 0 Å². The summed E-state index contributed by atoms with van der Waals surface area (Å²) in [5, 5.41) is 0. The van der Waals surface area contributed by atoms with Gasteiger partial charge in [-0.1, -0.05) is 12.8 Å². The minimum absolute atomic E-state index is 0.516. The molecule has 1 aliphatic rings. The van der Waals surface area contributed by atoms with Gasteiger partial charge in [-0.2, -0.15) is 0 Å². The maximum absolute atomic E-state index is 5.97. The van der Waals surface area contributed by atoms with Gasteiger partial charge >= 0.3 is 0 Å². The van der Waals surface area contributed by atoms with E-state index in [2.05, 4.69) is 4.98 Å². The van der Waals surface area contributed by atoms with Gasteiger partial charge in [0.15, 0.2) is 11.5 Å². The standard InChI is InChI=1S/C14H18N2O/c1-8-7-11(15)9(2)12-13(8)17-14(16-12)10-5-3-4-6-10/h7,10H,3-6,15H2,1-2H3. The third-order valence-electron chi connectivity index (χ3n) is 3.87. The van der Waals surface area contributed by atoms with Crippen LogP contribution in [0.5, 0.6) is 0 Å². The van der Waals surface area contributed by atoms with Crippen LogP contribution in [0, 0.1) is 13.8 Å². The predicted molar refractivity (Wildman–Crippen MR) is 69.1 cm³/mol. The van der Waals surface area contributed by atoms with E-state index in [-0.39, 0.29) is 0 Å². The SMILES string of the molecule is Cc1c(N)cc(C)c2oc(C3CCCC3)nc12. The molecule has 0 saturated heterocycles. The lowest BCUT2D eigenvalue weighted by molar-refractivity contribution is 0.473. The highest BCUT2D eigenvalue weighted by Crippen LogP contribution is 2.37. The van der Waals surface area contributed by atoms with Crippen LogP contribution in [-0.2, 0) is 0 Å². The molecule has 3 heteroatoms. The summed E-state index contributed by atoms with van der Waals surface area (Å²) in [5.74, 6) is 1.43. The lowest BCUT2D eigenvalue weighted by Crippen LogP contribution is -1.93. The van der Waals surface area contributed by atoms with Gasteiger partial charge in [-0.3, -0.25) is 0 Å². The van der Waals surface area contributed by atoms with Gasteiger partial charge in [0.05, 0.1) is 0 Å². The molecule has 17 heavy (non-hydrogen) atoms. The average Bonchev–Trinajstić information content (AvgIpc) is 2.94. The first-order valence-corrected chi connectivity index (χ1v) is 6.33. The summed E-state index contributed by atoms with van der Waals surface area (Å²) >= 11 is 0. The molecule has 0 unspecified atom stereocenters.